The number of thiocarbonyl (C=S) groups is 1. The Hall–Kier alpha value is -1.59. The first-order valence-corrected chi connectivity index (χ1v) is 7.59. The van der Waals surface area contributed by atoms with E-state index in [1.807, 2.05) is 54.7 Å². The lowest BCUT2D eigenvalue weighted by atomic mass is 10.2. The summed E-state index contributed by atoms with van der Waals surface area (Å²) < 4.78 is 1.88. The van der Waals surface area contributed by atoms with Gasteiger partial charge in [0.25, 0.3) is 0 Å². The number of hydrogen-bond acceptors (Lipinski definition) is 2. The van der Waals surface area contributed by atoms with Crippen LogP contribution in [-0.2, 0) is 13.1 Å². The molecule has 0 aliphatic rings. The van der Waals surface area contributed by atoms with E-state index in [-0.39, 0.29) is 0 Å². The molecule has 1 aromatic carbocycles. The van der Waals surface area contributed by atoms with Crippen molar-refractivity contribution < 1.29 is 0 Å². The van der Waals surface area contributed by atoms with Crippen molar-refractivity contribution in [2.24, 2.45) is 0 Å². The van der Waals surface area contributed by atoms with E-state index in [4.69, 9.17) is 23.8 Å². The van der Waals surface area contributed by atoms with Crippen molar-refractivity contribution in [1.82, 2.24) is 14.7 Å². The summed E-state index contributed by atoms with van der Waals surface area (Å²) in [4.78, 5) is 1.96. The zero-order valence-corrected chi connectivity index (χ0v) is 14.0. The molecule has 1 heterocycles. The molecule has 0 aliphatic carbocycles. The Morgan fingerprint density at radius 1 is 1.43 bits per heavy atom. The number of halogens is 1. The molecule has 0 amide bonds. The van der Waals surface area contributed by atoms with E-state index in [0.29, 0.717) is 16.7 Å². The number of nitrogens with one attached hydrogen (secondary N) is 1. The van der Waals surface area contributed by atoms with Gasteiger partial charge in [0.2, 0.25) is 0 Å². The van der Waals surface area contributed by atoms with Crippen molar-refractivity contribution in [3.63, 3.8) is 0 Å². The standard InChI is InChI=1S/C15H19ClN4S/c1-4-20-14(12(16)9-17-20)10-19(3)15(21)18-13-8-6-5-7-11(13)2/h5-9H,4,10H2,1-3H3,(H,18,21). The Morgan fingerprint density at radius 3 is 2.81 bits per heavy atom. The Bertz CT molecular complexity index is 638. The van der Waals surface area contributed by atoms with Gasteiger partial charge in [-0.05, 0) is 37.7 Å². The predicted octanol–water partition coefficient (Wildman–Crippen LogP) is 3.69. The van der Waals surface area contributed by atoms with Crippen LogP contribution < -0.4 is 5.32 Å². The van der Waals surface area contributed by atoms with E-state index >= 15 is 0 Å². The Balaban J connectivity index is 2.06. The molecule has 0 bridgehead atoms. The third-order valence-electron chi connectivity index (χ3n) is 3.32. The second-order valence-corrected chi connectivity index (χ2v) is 5.65. The first kappa shape index (κ1) is 15.8. The average molecular weight is 323 g/mol. The van der Waals surface area contributed by atoms with Crippen molar-refractivity contribution in [3.05, 3.63) is 46.7 Å². The molecule has 1 N–H and O–H groups in total. The second-order valence-electron chi connectivity index (χ2n) is 4.86. The van der Waals surface area contributed by atoms with Crippen LogP contribution in [0.3, 0.4) is 0 Å². The van der Waals surface area contributed by atoms with Gasteiger partial charge in [0, 0.05) is 19.3 Å². The van der Waals surface area contributed by atoms with Crippen LogP contribution in [0.5, 0.6) is 0 Å². The van der Waals surface area contributed by atoms with Gasteiger partial charge in [0.1, 0.15) is 0 Å². The van der Waals surface area contributed by atoms with Gasteiger partial charge in [-0.2, -0.15) is 5.10 Å². The van der Waals surface area contributed by atoms with Crippen molar-refractivity contribution in [3.8, 4) is 0 Å². The summed E-state index contributed by atoms with van der Waals surface area (Å²) in [6.45, 7) is 5.49. The fourth-order valence-corrected chi connectivity index (χ4v) is 2.41. The van der Waals surface area contributed by atoms with Crippen molar-refractivity contribution >= 4 is 34.6 Å². The summed E-state index contributed by atoms with van der Waals surface area (Å²) in [5.41, 5.74) is 3.14. The fraction of sp³-hybridized carbons (Fsp3) is 0.333. The fourth-order valence-electron chi connectivity index (χ4n) is 2.04. The largest absolute Gasteiger partial charge is 0.346 e. The molecule has 112 valence electrons. The molecule has 2 aromatic rings. The number of aryl methyl sites for hydroxylation is 2. The zero-order valence-electron chi connectivity index (χ0n) is 12.4. The lowest BCUT2D eigenvalue weighted by molar-refractivity contribution is 0.471. The third-order valence-corrected chi connectivity index (χ3v) is 4.05. The minimum atomic E-state index is 0.615. The average Bonchev–Trinajstić information content (AvgIpc) is 2.82. The first-order valence-electron chi connectivity index (χ1n) is 6.80. The molecular weight excluding hydrogens is 304 g/mol. The van der Waals surface area contributed by atoms with Crippen molar-refractivity contribution in [1.29, 1.82) is 0 Å². The van der Waals surface area contributed by atoms with Gasteiger partial charge in [-0.3, -0.25) is 4.68 Å². The van der Waals surface area contributed by atoms with Gasteiger partial charge in [0.15, 0.2) is 5.11 Å². The summed E-state index contributed by atoms with van der Waals surface area (Å²) in [5, 5.41) is 8.83. The maximum atomic E-state index is 6.18. The minimum Gasteiger partial charge on any atom is -0.346 e. The van der Waals surface area contributed by atoms with Crippen LogP contribution in [0.15, 0.2) is 30.5 Å². The van der Waals surface area contributed by atoms with Crippen molar-refractivity contribution in [2.45, 2.75) is 26.9 Å². The summed E-state index contributed by atoms with van der Waals surface area (Å²) in [6.07, 6.45) is 1.67. The highest BCUT2D eigenvalue weighted by Gasteiger charge is 2.13. The molecule has 0 atom stereocenters. The van der Waals surface area contributed by atoms with E-state index in [0.717, 1.165) is 23.5 Å². The molecule has 0 saturated heterocycles. The van der Waals surface area contributed by atoms with E-state index in [9.17, 15) is 0 Å². The van der Waals surface area contributed by atoms with Crippen LogP contribution in [0.4, 0.5) is 5.69 Å². The monoisotopic (exact) mass is 322 g/mol. The minimum absolute atomic E-state index is 0.615. The zero-order chi connectivity index (χ0) is 15.4. The Morgan fingerprint density at radius 2 is 2.14 bits per heavy atom. The number of para-hydroxylation sites is 1. The molecule has 0 unspecified atom stereocenters. The third kappa shape index (κ3) is 3.74. The predicted molar refractivity (Wildman–Crippen MR) is 91.8 cm³/mol. The lowest BCUT2D eigenvalue weighted by Crippen LogP contribution is -2.31. The van der Waals surface area contributed by atoms with E-state index in [1.54, 1.807) is 6.20 Å². The number of rotatable bonds is 4. The van der Waals surface area contributed by atoms with Gasteiger partial charge in [-0.15, -0.1) is 0 Å². The highest BCUT2D eigenvalue weighted by atomic mass is 35.5. The molecule has 0 radical (unpaired) electrons. The van der Waals surface area contributed by atoms with Crippen LogP contribution in [0.2, 0.25) is 5.02 Å². The normalized spacial score (nSPS) is 10.5. The Labute approximate surface area is 135 Å². The van der Waals surface area contributed by atoms with Crippen LogP contribution in [0.1, 0.15) is 18.2 Å². The quantitative estimate of drug-likeness (QED) is 0.870. The summed E-state index contributed by atoms with van der Waals surface area (Å²) in [5.74, 6) is 0. The first-order chi connectivity index (χ1) is 10.0. The van der Waals surface area contributed by atoms with E-state index in [2.05, 4.69) is 10.4 Å². The Kier molecular flexibility index (Phi) is 5.20. The molecule has 0 saturated carbocycles. The van der Waals surface area contributed by atoms with Gasteiger partial charge < -0.3 is 10.2 Å². The highest BCUT2D eigenvalue weighted by Crippen LogP contribution is 2.18. The molecule has 0 spiro atoms. The van der Waals surface area contributed by atoms with Crippen LogP contribution in [-0.4, -0.2) is 26.8 Å². The molecule has 2 rings (SSSR count). The van der Waals surface area contributed by atoms with Gasteiger partial charge in [0.05, 0.1) is 23.5 Å². The SMILES string of the molecule is CCn1ncc(Cl)c1CN(C)C(=S)Nc1ccccc1C. The molecule has 0 aliphatic heterocycles. The molecule has 0 fully saturated rings. The number of anilines is 1. The number of nitrogens with zero attached hydrogens (tertiary/aromatic N) is 3. The van der Waals surface area contributed by atoms with Crippen LogP contribution in [0.25, 0.3) is 0 Å². The number of benzene rings is 1. The van der Waals surface area contributed by atoms with Crippen LogP contribution in [0, 0.1) is 6.92 Å². The summed E-state index contributed by atoms with van der Waals surface area (Å²) >= 11 is 11.6. The topological polar surface area (TPSA) is 33.1 Å². The number of hydrogen-bond donors (Lipinski definition) is 1. The molecule has 21 heavy (non-hydrogen) atoms. The maximum Gasteiger partial charge on any atom is 0.173 e. The summed E-state index contributed by atoms with van der Waals surface area (Å²) in [7, 11) is 1.94. The maximum absolute atomic E-state index is 6.18. The van der Waals surface area contributed by atoms with Gasteiger partial charge in [-0.25, -0.2) is 0 Å². The molecular formula is C15H19ClN4S. The molecule has 4 nitrogen and oxygen atoms in total. The lowest BCUT2D eigenvalue weighted by Gasteiger charge is -2.22. The highest BCUT2D eigenvalue weighted by molar-refractivity contribution is 7.80. The molecule has 1 aromatic heterocycles. The summed E-state index contributed by atoms with van der Waals surface area (Å²) in [6, 6.07) is 8.06. The van der Waals surface area contributed by atoms with Gasteiger partial charge >= 0.3 is 0 Å². The smallest absolute Gasteiger partial charge is 0.173 e. The van der Waals surface area contributed by atoms with E-state index in [1.165, 1.54) is 0 Å². The van der Waals surface area contributed by atoms with Crippen molar-refractivity contribution in [2.75, 3.05) is 12.4 Å². The number of aromatic nitrogens is 2. The molecule has 6 heteroatoms. The van der Waals surface area contributed by atoms with E-state index < -0.39 is 0 Å². The van der Waals surface area contributed by atoms with Gasteiger partial charge in [-0.1, -0.05) is 29.8 Å². The second kappa shape index (κ2) is 6.91. The van der Waals surface area contributed by atoms with Crippen LogP contribution >= 0.6 is 23.8 Å².